The Labute approximate surface area is 165 Å². The maximum absolute atomic E-state index is 12.4. The first-order chi connectivity index (χ1) is 13.7. The van der Waals surface area contributed by atoms with Crippen LogP contribution in [0.5, 0.6) is 0 Å². The molecular formula is C19H18N4O6. The van der Waals surface area contributed by atoms with Crippen LogP contribution in [0.15, 0.2) is 36.0 Å². The number of nitrogens with zero attached hydrogens (tertiary/aromatic N) is 3. The SMILES string of the molecule is COC(=O)CN1C(=O)N/C(=C\c2cc(C)n(-c3ccc([N+](=O)[O-])cc3)c2C)C1=O. The predicted octanol–water partition coefficient (Wildman–Crippen LogP) is 2.07. The van der Waals surface area contributed by atoms with Crippen LogP contribution in [0, 0.1) is 24.0 Å². The molecule has 1 N–H and O–H groups in total. The third-order valence-electron chi connectivity index (χ3n) is 4.57. The summed E-state index contributed by atoms with van der Waals surface area (Å²) in [7, 11) is 1.17. The first-order valence-corrected chi connectivity index (χ1v) is 8.58. The summed E-state index contributed by atoms with van der Waals surface area (Å²) in [4.78, 5) is 47.0. The molecule has 10 heteroatoms. The van der Waals surface area contributed by atoms with Crippen molar-refractivity contribution in [2.45, 2.75) is 13.8 Å². The number of ether oxygens (including phenoxy) is 1. The molecule has 2 aromatic rings. The van der Waals surface area contributed by atoms with Crippen molar-refractivity contribution in [1.29, 1.82) is 0 Å². The van der Waals surface area contributed by atoms with E-state index in [9.17, 15) is 24.5 Å². The van der Waals surface area contributed by atoms with Crippen LogP contribution in [0.2, 0.25) is 0 Å². The second kappa shape index (κ2) is 7.58. The molecule has 1 aromatic heterocycles. The van der Waals surface area contributed by atoms with Gasteiger partial charge in [0.25, 0.3) is 11.6 Å². The highest BCUT2D eigenvalue weighted by Gasteiger charge is 2.35. The molecule has 29 heavy (non-hydrogen) atoms. The third kappa shape index (κ3) is 3.72. The minimum atomic E-state index is -0.703. The van der Waals surface area contributed by atoms with E-state index in [2.05, 4.69) is 10.1 Å². The molecule has 1 aliphatic rings. The molecule has 2 heterocycles. The maximum Gasteiger partial charge on any atom is 0.329 e. The van der Waals surface area contributed by atoms with Gasteiger partial charge in [-0.15, -0.1) is 0 Å². The zero-order chi connectivity index (χ0) is 21.3. The largest absolute Gasteiger partial charge is 0.468 e. The van der Waals surface area contributed by atoms with Gasteiger partial charge in [0.05, 0.1) is 12.0 Å². The van der Waals surface area contributed by atoms with E-state index in [1.54, 1.807) is 12.1 Å². The molecule has 0 atom stereocenters. The van der Waals surface area contributed by atoms with Crippen molar-refractivity contribution < 1.29 is 24.0 Å². The molecule has 1 saturated heterocycles. The number of rotatable bonds is 5. The van der Waals surface area contributed by atoms with Gasteiger partial charge in [-0.25, -0.2) is 9.69 Å². The van der Waals surface area contributed by atoms with Crippen LogP contribution in [-0.4, -0.2) is 46.0 Å². The summed E-state index contributed by atoms with van der Waals surface area (Å²) in [6.45, 7) is 3.21. The topological polar surface area (TPSA) is 124 Å². The summed E-state index contributed by atoms with van der Waals surface area (Å²) in [5.74, 6) is -1.33. The Morgan fingerprint density at radius 2 is 1.90 bits per heavy atom. The number of nitro benzene ring substituents is 1. The number of hydrogen-bond acceptors (Lipinski definition) is 6. The number of benzene rings is 1. The van der Waals surface area contributed by atoms with E-state index >= 15 is 0 Å². The third-order valence-corrected chi connectivity index (χ3v) is 4.57. The first-order valence-electron chi connectivity index (χ1n) is 8.58. The molecule has 150 valence electrons. The van der Waals surface area contributed by atoms with Crippen LogP contribution in [0.4, 0.5) is 10.5 Å². The van der Waals surface area contributed by atoms with Crippen LogP contribution in [-0.2, 0) is 14.3 Å². The number of non-ortho nitro benzene ring substituents is 1. The lowest BCUT2D eigenvalue weighted by Crippen LogP contribution is -2.36. The van der Waals surface area contributed by atoms with Gasteiger partial charge in [0.15, 0.2) is 0 Å². The van der Waals surface area contributed by atoms with Crippen LogP contribution >= 0.6 is 0 Å². The number of carbonyl (C=O) groups is 3. The highest BCUT2D eigenvalue weighted by atomic mass is 16.6. The molecule has 0 spiro atoms. The number of esters is 1. The van der Waals surface area contributed by atoms with E-state index in [-0.39, 0.29) is 11.4 Å². The Hall–Kier alpha value is -3.95. The second-order valence-electron chi connectivity index (χ2n) is 6.39. The van der Waals surface area contributed by atoms with Gasteiger partial charge in [-0.2, -0.15) is 0 Å². The standard InChI is InChI=1S/C19H18N4O6/c1-11-8-13(9-16-18(25)21(19(26)20-16)10-17(24)29-3)12(2)22(11)14-4-6-15(7-5-14)23(27)28/h4-9H,10H2,1-3H3,(H,20,26)/b16-9-. The van der Waals surface area contributed by atoms with E-state index in [4.69, 9.17) is 0 Å². The second-order valence-corrected chi connectivity index (χ2v) is 6.39. The lowest BCUT2D eigenvalue weighted by atomic mass is 10.2. The molecule has 0 saturated carbocycles. The number of aryl methyl sites for hydroxylation is 1. The summed E-state index contributed by atoms with van der Waals surface area (Å²) >= 11 is 0. The molecule has 0 unspecified atom stereocenters. The number of urea groups is 1. The van der Waals surface area contributed by atoms with E-state index in [1.165, 1.54) is 25.3 Å². The summed E-state index contributed by atoms with van der Waals surface area (Å²) < 4.78 is 6.37. The van der Waals surface area contributed by atoms with Gasteiger partial charge < -0.3 is 14.6 Å². The minimum Gasteiger partial charge on any atom is -0.468 e. The zero-order valence-corrected chi connectivity index (χ0v) is 16.0. The molecule has 1 fully saturated rings. The van der Waals surface area contributed by atoms with E-state index in [0.717, 1.165) is 22.0 Å². The van der Waals surface area contributed by atoms with Crippen molar-refractivity contribution in [3.63, 3.8) is 0 Å². The van der Waals surface area contributed by atoms with Gasteiger partial charge in [-0.1, -0.05) is 0 Å². The zero-order valence-electron chi connectivity index (χ0n) is 16.0. The molecule has 0 aliphatic carbocycles. The summed E-state index contributed by atoms with van der Waals surface area (Å²) in [6.07, 6.45) is 1.53. The number of carbonyl (C=O) groups excluding carboxylic acids is 3. The van der Waals surface area contributed by atoms with Crippen LogP contribution in [0.25, 0.3) is 11.8 Å². The van der Waals surface area contributed by atoms with Crippen LogP contribution in [0.1, 0.15) is 17.0 Å². The van der Waals surface area contributed by atoms with E-state index < -0.39 is 29.4 Å². The average molecular weight is 398 g/mol. The number of nitrogens with one attached hydrogen (secondary N) is 1. The van der Waals surface area contributed by atoms with Gasteiger partial charge in [0, 0.05) is 29.2 Å². The Morgan fingerprint density at radius 3 is 2.48 bits per heavy atom. The molecule has 1 aliphatic heterocycles. The van der Waals surface area contributed by atoms with Crippen LogP contribution in [0.3, 0.4) is 0 Å². The lowest BCUT2D eigenvalue weighted by Gasteiger charge is -2.09. The monoisotopic (exact) mass is 398 g/mol. The molecular weight excluding hydrogens is 380 g/mol. The van der Waals surface area contributed by atoms with Crippen molar-refractivity contribution in [2.75, 3.05) is 13.7 Å². The summed E-state index contributed by atoms with van der Waals surface area (Å²) in [5, 5.41) is 13.3. The lowest BCUT2D eigenvalue weighted by molar-refractivity contribution is -0.384. The average Bonchev–Trinajstić information content (AvgIpc) is 3.11. The molecule has 3 amide bonds. The minimum absolute atomic E-state index is 0.0106. The number of nitro groups is 1. The Balaban J connectivity index is 1.92. The normalized spacial score (nSPS) is 15.0. The fraction of sp³-hybridized carbons (Fsp3) is 0.211. The highest BCUT2D eigenvalue weighted by Crippen LogP contribution is 2.25. The maximum atomic E-state index is 12.4. The van der Waals surface area contributed by atoms with E-state index in [0.29, 0.717) is 5.56 Å². The van der Waals surface area contributed by atoms with Gasteiger partial charge in [0.2, 0.25) is 0 Å². The molecule has 0 radical (unpaired) electrons. The summed E-state index contributed by atoms with van der Waals surface area (Å²) in [6, 6.07) is 7.23. The van der Waals surface area contributed by atoms with Crippen molar-refractivity contribution in [1.82, 2.24) is 14.8 Å². The van der Waals surface area contributed by atoms with Crippen molar-refractivity contribution in [3.05, 3.63) is 63.1 Å². The Kier molecular flexibility index (Phi) is 5.18. The highest BCUT2D eigenvalue weighted by molar-refractivity contribution is 6.15. The van der Waals surface area contributed by atoms with Crippen molar-refractivity contribution >= 4 is 29.7 Å². The fourth-order valence-corrected chi connectivity index (χ4v) is 3.12. The number of aromatic nitrogens is 1. The first kappa shape index (κ1) is 19.8. The predicted molar refractivity (Wildman–Crippen MR) is 102 cm³/mol. The number of amides is 3. The number of methoxy groups -OCH3 is 1. The van der Waals surface area contributed by atoms with Crippen molar-refractivity contribution in [2.24, 2.45) is 0 Å². The van der Waals surface area contributed by atoms with Gasteiger partial charge in [-0.05, 0) is 43.7 Å². The molecule has 0 bridgehead atoms. The van der Waals surface area contributed by atoms with Crippen molar-refractivity contribution in [3.8, 4) is 5.69 Å². The quantitative estimate of drug-likeness (QED) is 0.270. The number of imide groups is 1. The van der Waals surface area contributed by atoms with Gasteiger partial charge in [-0.3, -0.25) is 19.7 Å². The smallest absolute Gasteiger partial charge is 0.329 e. The number of hydrogen-bond donors (Lipinski definition) is 1. The molecule has 1 aromatic carbocycles. The van der Waals surface area contributed by atoms with Gasteiger partial charge >= 0.3 is 12.0 Å². The Bertz CT molecular complexity index is 1050. The molecule has 3 rings (SSSR count). The van der Waals surface area contributed by atoms with Crippen LogP contribution < -0.4 is 5.32 Å². The molecule has 10 nitrogen and oxygen atoms in total. The van der Waals surface area contributed by atoms with Gasteiger partial charge in [0.1, 0.15) is 12.2 Å². The van der Waals surface area contributed by atoms with E-state index in [1.807, 2.05) is 24.5 Å². The fourth-order valence-electron chi connectivity index (χ4n) is 3.12. The summed E-state index contributed by atoms with van der Waals surface area (Å²) in [5.41, 5.74) is 3.06. The Morgan fingerprint density at radius 1 is 1.24 bits per heavy atom.